The zero-order valence-corrected chi connectivity index (χ0v) is 10.3. The third-order valence-corrected chi connectivity index (χ3v) is 3.27. The lowest BCUT2D eigenvalue weighted by molar-refractivity contribution is 0.448. The molecular formula is C11H15N3OS. The first-order valence-electron chi connectivity index (χ1n) is 5.38. The van der Waals surface area contributed by atoms with Gasteiger partial charge in [-0.1, -0.05) is 11.4 Å². The van der Waals surface area contributed by atoms with Crippen molar-refractivity contribution < 1.29 is 4.42 Å². The SMILES string of the molecule is CCCNC(c1ccco1)c1snnc1C. The van der Waals surface area contributed by atoms with Crippen molar-refractivity contribution in [3.8, 4) is 0 Å². The summed E-state index contributed by atoms with van der Waals surface area (Å²) in [5, 5.41) is 7.49. The molecule has 0 aliphatic heterocycles. The molecule has 1 atom stereocenters. The Bertz CT molecular complexity index is 424. The van der Waals surface area contributed by atoms with Crippen molar-refractivity contribution in [1.82, 2.24) is 14.9 Å². The minimum absolute atomic E-state index is 0.0787. The number of furan rings is 1. The van der Waals surface area contributed by atoms with E-state index in [0.717, 1.165) is 29.3 Å². The highest BCUT2D eigenvalue weighted by Crippen LogP contribution is 2.26. The molecule has 0 aromatic carbocycles. The fourth-order valence-corrected chi connectivity index (χ4v) is 2.30. The molecule has 1 N–H and O–H groups in total. The van der Waals surface area contributed by atoms with Crippen molar-refractivity contribution in [2.24, 2.45) is 0 Å². The van der Waals surface area contributed by atoms with Gasteiger partial charge in [0, 0.05) is 0 Å². The number of nitrogens with one attached hydrogen (secondary N) is 1. The number of hydrogen-bond donors (Lipinski definition) is 1. The minimum Gasteiger partial charge on any atom is -0.467 e. The summed E-state index contributed by atoms with van der Waals surface area (Å²) in [4.78, 5) is 1.13. The van der Waals surface area contributed by atoms with Crippen LogP contribution in [0, 0.1) is 6.92 Å². The number of hydrogen-bond acceptors (Lipinski definition) is 5. The molecule has 2 rings (SSSR count). The first-order chi connectivity index (χ1) is 7.83. The van der Waals surface area contributed by atoms with E-state index in [4.69, 9.17) is 4.42 Å². The maximum atomic E-state index is 5.46. The van der Waals surface area contributed by atoms with Gasteiger partial charge in [-0.2, -0.15) is 0 Å². The van der Waals surface area contributed by atoms with Gasteiger partial charge in [0.25, 0.3) is 0 Å². The molecule has 2 heterocycles. The Kier molecular flexibility index (Phi) is 3.69. The molecule has 5 heteroatoms. The van der Waals surface area contributed by atoms with Crippen molar-refractivity contribution >= 4 is 11.5 Å². The monoisotopic (exact) mass is 237 g/mol. The summed E-state index contributed by atoms with van der Waals surface area (Å²) in [6, 6.07) is 3.96. The summed E-state index contributed by atoms with van der Waals surface area (Å²) in [6.45, 7) is 5.06. The Labute approximate surface area is 98.8 Å². The van der Waals surface area contributed by atoms with Crippen LogP contribution in [0.5, 0.6) is 0 Å². The van der Waals surface area contributed by atoms with E-state index in [0.29, 0.717) is 0 Å². The van der Waals surface area contributed by atoms with Gasteiger partial charge >= 0.3 is 0 Å². The summed E-state index contributed by atoms with van der Waals surface area (Å²) in [5.41, 5.74) is 0.968. The van der Waals surface area contributed by atoms with Crippen molar-refractivity contribution in [1.29, 1.82) is 0 Å². The van der Waals surface area contributed by atoms with Crippen LogP contribution in [-0.2, 0) is 0 Å². The molecule has 0 saturated heterocycles. The Morgan fingerprint density at radius 3 is 3.00 bits per heavy atom. The van der Waals surface area contributed by atoms with Crippen molar-refractivity contribution in [3.63, 3.8) is 0 Å². The van der Waals surface area contributed by atoms with E-state index in [1.54, 1.807) is 6.26 Å². The highest BCUT2D eigenvalue weighted by atomic mass is 32.1. The first kappa shape index (κ1) is 11.3. The van der Waals surface area contributed by atoms with Gasteiger partial charge in [-0.05, 0) is 43.6 Å². The maximum absolute atomic E-state index is 5.46. The molecule has 0 amide bonds. The Balaban J connectivity index is 2.25. The van der Waals surface area contributed by atoms with Crippen LogP contribution < -0.4 is 5.32 Å². The average molecular weight is 237 g/mol. The molecule has 2 aromatic rings. The van der Waals surface area contributed by atoms with Gasteiger partial charge < -0.3 is 9.73 Å². The second kappa shape index (κ2) is 5.23. The summed E-state index contributed by atoms with van der Waals surface area (Å²) in [7, 11) is 0. The van der Waals surface area contributed by atoms with Crippen molar-refractivity contribution in [2.75, 3.05) is 6.54 Å². The number of nitrogens with zero attached hydrogens (tertiary/aromatic N) is 2. The van der Waals surface area contributed by atoms with Crippen LogP contribution in [0.1, 0.15) is 35.7 Å². The highest BCUT2D eigenvalue weighted by molar-refractivity contribution is 7.05. The second-order valence-corrected chi connectivity index (χ2v) is 4.41. The Hall–Kier alpha value is -1.20. The minimum atomic E-state index is 0.0787. The second-order valence-electron chi connectivity index (χ2n) is 3.63. The smallest absolute Gasteiger partial charge is 0.126 e. The number of aromatic nitrogens is 2. The molecule has 4 nitrogen and oxygen atoms in total. The van der Waals surface area contributed by atoms with Gasteiger partial charge in [0.1, 0.15) is 11.8 Å². The van der Waals surface area contributed by atoms with Gasteiger partial charge in [-0.25, -0.2) is 0 Å². The Morgan fingerprint density at radius 1 is 1.56 bits per heavy atom. The number of rotatable bonds is 5. The molecule has 0 radical (unpaired) electrons. The quantitative estimate of drug-likeness (QED) is 0.868. The average Bonchev–Trinajstić information content (AvgIpc) is 2.91. The summed E-state index contributed by atoms with van der Waals surface area (Å²) < 4.78 is 9.43. The molecule has 1 unspecified atom stereocenters. The van der Waals surface area contributed by atoms with Crippen LogP contribution in [-0.4, -0.2) is 16.1 Å². The molecule has 16 heavy (non-hydrogen) atoms. The predicted molar refractivity (Wildman–Crippen MR) is 63.5 cm³/mol. The Morgan fingerprint density at radius 2 is 2.44 bits per heavy atom. The van der Waals surface area contributed by atoms with Crippen LogP contribution in [0.3, 0.4) is 0 Å². The molecule has 0 saturated carbocycles. The topological polar surface area (TPSA) is 51.0 Å². The molecule has 2 aromatic heterocycles. The zero-order valence-electron chi connectivity index (χ0n) is 9.43. The maximum Gasteiger partial charge on any atom is 0.126 e. The molecule has 0 aliphatic carbocycles. The van der Waals surface area contributed by atoms with E-state index in [2.05, 4.69) is 21.8 Å². The standard InChI is InChI=1S/C11H15N3OS/c1-3-6-12-10(9-5-4-7-15-9)11-8(2)13-14-16-11/h4-5,7,10,12H,3,6H2,1-2H3. The van der Waals surface area contributed by atoms with Crippen LogP contribution in [0.15, 0.2) is 22.8 Å². The lowest BCUT2D eigenvalue weighted by atomic mass is 10.1. The fourth-order valence-electron chi connectivity index (χ4n) is 1.57. The molecule has 0 bridgehead atoms. The van der Waals surface area contributed by atoms with Crippen molar-refractivity contribution in [2.45, 2.75) is 26.3 Å². The van der Waals surface area contributed by atoms with E-state index in [-0.39, 0.29) is 6.04 Å². The van der Waals surface area contributed by atoms with E-state index in [9.17, 15) is 0 Å². The van der Waals surface area contributed by atoms with E-state index < -0.39 is 0 Å². The normalized spacial score (nSPS) is 12.9. The van der Waals surface area contributed by atoms with Crippen LogP contribution in [0.25, 0.3) is 0 Å². The third kappa shape index (κ3) is 2.31. The van der Waals surface area contributed by atoms with Gasteiger partial charge in [0.05, 0.1) is 16.8 Å². The lowest BCUT2D eigenvalue weighted by Gasteiger charge is -2.14. The molecule has 0 aliphatic rings. The van der Waals surface area contributed by atoms with E-state index >= 15 is 0 Å². The summed E-state index contributed by atoms with van der Waals surface area (Å²) >= 11 is 1.42. The van der Waals surface area contributed by atoms with E-state index in [1.807, 2.05) is 19.1 Å². The third-order valence-electron chi connectivity index (χ3n) is 2.37. The van der Waals surface area contributed by atoms with Crippen LogP contribution >= 0.6 is 11.5 Å². The predicted octanol–water partition coefficient (Wildman–Crippen LogP) is 2.53. The van der Waals surface area contributed by atoms with Crippen LogP contribution in [0.4, 0.5) is 0 Å². The van der Waals surface area contributed by atoms with Gasteiger partial charge in [0.2, 0.25) is 0 Å². The summed E-state index contributed by atoms with van der Waals surface area (Å²) in [6.07, 6.45) is 2.78. The highest BCUT2D eigenvalue weighted by Gasteiger charge is 2.20. The lowest BCUT2D eigenvalue weighted by Crippen LogP contribution is -2.22. The van der Waals surface area contributed by atoms with Gasteiger partial charge in [-0.3, -0.25) is 0 Å². The molecule has 86 valence electrons. The zero-order chi connectivity index (χ0) is 11.4. The summed E-state index contributed by atoms with van der Waals surface area (Å²) in [5.74, 6) is 0.919. The van der Waals surface area contributed by atoms with Gasteiger partial charge in [0.15, 0.2) is 0 Å². The molecule has 0 spiro atoms. The molecule has 0 fully saturated rings. The van der Waals surface area contributed by atoms with Crippen LogP contribution in [0.2, 0.25) is 0 Å². The van der Waals surface area contributed by atoms with Gasteiger partial charge in [-0.15, -0.1) is 5.10 Å². The molecular weight excluding hydrogens is 222 g/mol. The first-order valence-corrected chi connectivity index (χ1v) is 6.16. The largest absolute Gasteiger partial charge is 0.467 e. The number of aryl methyl sites for hydroxylation is 1. The fraction of sp³-hybridized carbons (Fsp3) is 0.455. The van der Waals surface area contributed by atoms with E-state index in [1.165, 1.54) is 11.5 Å². The van der Waals surface area contributed by atoms with Crippen molar-refractivity contribution in [3.05, 3.63) is 34.7 Å².